The van der Waals surface area contributed by atoms with E-state index in [1.165, 1.54) is 0 Å². The molecule has 0 spiro atoms. The number of aryl methyl sites for hydroxylation is 1. The third-order valence-corrected chi connectivity index (χ3v) is 7.72. The first-order valence-corrected chi connectivity index (χ1v) is 15.2. The number of ether oxygens (including phenoxy) is 2. The average molecular weight is 595 g/mol. The summed E-state index contributed by atoms with van der Waals surface area (Å²) in [6, 6.07) is 15.4. The Balaban J connectivity index is 1.23. The van der Waals surface area contributed by atoms with Gasteiger partial charge in [-0.05, 0) is 83.2 Å². The van der Waals surface area contributed by atoms with Crippen molar-refractivity contribution >= 4 is 34.4 Å². The van der Waals surface area contributed by atoms with Crippen molar-refractivity contribution in [3.63, 3.8) is 0 Å². The highest BCUT2D eigenvalue weighted by Gasteiger charge is 2.30. The van der Waals surface area contributed by atoms with Crippen LogP contribution in [0.3, 0.4) is 0 Å². The van der Waals surface area contributed by atoms with Crippen LogP contribution in [0.5, 0.6) is 11.6 Å². The Morgan fingerprint density at radius 1 is 0.955 bits per heavy atom. The third-order valence-electron chi connectivity index (χ3n) is 7.72. The monoisotopic (exact) mass is 594 g/mol. The summed E-state index contributed by atoms with van der Waals surface area (Å²) in [6.07, 6.45) is 6.71. The van der Waals surface area contributed by atoms with Crippen LogP contribution >= 0.6 is 0 Å². The van der Waals surface area contributed by atoms with Crippen LogP contribution in [0, 0.1) is 12.8 Å². The Morgan fingerprint density at radius 3 is 2.59 bits per heavy atom. The Hall–Kier alpha value is -4.73. The van der Waals surface area contributed by atoms with Crippen molar-refractivity contribution in [3.8, 4) is 22.9 Å². The highest BCUT2D eigenvalue weighted by molar-refractivity contribution is 6.05. The SMILES string of the molecule is Cc1ccc2c(NC(=O)C3CC3)cccc2c1Oc1ncccc1-c1ccnc(N[C@H]2CCCN(C(=O)OC(C)(C)C)C2)n1. The summed E-state index contributed by atoms with van der Waals surface area (Å²) < 4.78 is 12.1. The second-order valence-corrected chi connectivity index (χ2v) is 12.5. The van der Waals surface area contributed by atoms with Gasteiger partial charge in [-0.3, -0.25) is 4.79 Å². The summed E-state index contributed by atoms with van der Waals surface area (Å²) in [4.78, 5) is 40.7. The van der Waals surface area contributed by atoms with Gasteiger partial charge in [0.2, 0.25) is 17.7 Å². The predicted molar refractivity (Wildman–Crippen MR) is 170 cm³/mol. The maximum Gasteiger partial charge on any atom is 0.410 e. The Morgan fingerprint density at radius 2 is 1.80 bits per heavy atom. The van der Waals surface area contributed by atoms with Crippen molar-refractivity contribution in [1.29, 1.82) is 0 Å². The van der Waals surface area contributed by atoms with Crippen LogP contribution < -0.4 is 15.4 Å². The molecule has 1 saturated carbocycles. The van der Waals surface area contributed by atoms with E-state index in [0.717, 1.165) is 47.7 Å². The van der Waals surface area contributed by atoms with E-state index in [4.69, 9.17) is 14.5 Å². The number of aromatic nitrogens is 3. The van der Waals surface area contributed by atoms with Crippen molar-refractivity contribution in [2.24, 2.45) is 5.92 Å². The highest BCUT2D eigenvalue weighted by Crippen LogP contribution is 2.39. The van der Waals surface area contributed by atoms with E-state index in [2.05, 4.69) is 20.6 Å². The summed E-state index contributed by atoms with van der Waals surface area (Å²) in [6.45, 7) is 8.77. The number of carbonyl (C=O) groups is 2. The number of fused-ring (bicyclic) bond motifs is 1. The van der Waals surface area contributed by atoms with Crippen molar-refractivity contribution in [2.75, 3.05) is 23.7 Å². The normalized spacial score (nSPS) is 16.8. The predicted octanol–water partition coefficient (Wildman–Crippen LogP) is 6.95. The number of amides is 2. The topological polar surface area (TPSA) is 119 Å². The molecule has 1 saturated heterocycles. The number of hydrogen-bond donors (Lipinski definition) is 2. The molecule has 1 aliphatic heterocycles. The lowest BCUT2D eigenvalue weighted by molar-refractivity contribution is -0.117. The first-order valence-electron chi connectivity index (χ1n) is 15.2. The number of carbonyl (C=O) groups excluding carboxylic acids is 2. The van der Waals surface area contributed by atoms with E-state index in [1.807, 2.05) is 76.2 Å². The number of benzene rings is 2. The van der Waals surface area contributed by atoms with E-state index < -0.39 is 5.60 Å². The van der Waals surface area contributed by atoms with Crippen LogP contribution in [0.2, 0.25) is 0 Å². The number of nitrogens with zero attached hydrogens (tertiary/aromatic N) is 4. The minimum atomic E-state index is -0.544. The fraction of sp³-hybridized carbons (Fsp3) is 0.382. The lowest BCUT2D eigenvalue weighted by Crippen LogP contribution is -2.47. The van der Waals surface area contributed by atoms with Crippen molar-refractivity contribution < 1.29 is 19.1 Å². The van der Waals surface area contributed by atoms with Crippen LogP contribution in [-0.2, 0) is 9.53 Å². The van der Waals surface area contributed by atoms with Gasteiger partial charge < -0.3 is 25.0 Å². The van der Waals surface area contributed by atoms with E-state index in [0.29, 0.717) is 41.9 Å². The van der Waals surface area contributed by atoms with Crippen LogP contribution in [0.4, 0.5) is 16.4 Å². The smallest absolute Gasteiger partial charge is 0.410 e. The van der Waals surface area contributed by atoms with Gasteiger partial charge >= 0.3 is 6.09 Å². The number of rotatable bonds is 7. The molecular formula is C34H38N6O4. The summed E-state index contributed by atoms with van der Waals surface area (Å²) in [7, 11) is 0. The van der Waals surface area contributed by atoms with Gasteiger partial charge in [-0.25, -0.2) is 19.7 Å². The van der Waals surface area contributed by atoms with Gasteiger partial charge in [0, 0.05) is 53.9 Å². The lowest BCUT2D eigenvalue weighted by Gasteiger charge is -2.34. The van der Waals surface area contributed by atoms with Crippen LogP contribution in [-0.4, -0.2) is 56.6 Å². The average Bonchev–Trinajstić information content (AvgIpc) is 3.85. The number of pyridine rings is 1. The lowest BCUT2D eigenvalue weighted by atomic mass is 10.0. The van der Waals surface area contributed by atoms with Gasteiger partial charge in [0.1, 0.15) is 11.4 Å². The number of piperidine rings is 1. The Kier molecular flexibility index (Phi) is 8.07. The van der Waals surface area contributed by atoms with Gasteiger partial charge in [-0.15, -0.1) is 0 Å². The largest absolute Gasteiger partial charge is 0.444 e. The minimum Gasteiger partial charge on any atom is -0.444 e. The number of hydrogen-bond acceptors (Lipinski definition) is 8. The molecule has 2 aromatic heterocycles. The first kappa shape index (κ1) is 29.3. The second kappa shape index (κ2) is 12.1. The van der Waals surface area contributed by atoms with Crippen molar-refractivity contribution in [1.82, 2.24) is 19.9 Å². The van der Waals surface area contributed by atoms with Crippen LogP contribution in [0.1, 0.15) is 52.0 Å². The molecule has 44 heavy (non-hydrogen) atoms. The summed E-state index contributed by atoms with van der Waals surface area (Å²) in [5, 5.41) is 8.28. The molecule has 10 nitrogen and oxygen atoms in total. The first-order chi connectivity index (χ1) is 21.1. The van der Waals surface area contributed by atoms with E-state index in [-0.39, 0.29) is 24.0 Å². The molecule has 0 bridgehead atoms. The zero-order valence-corrected chi connectivity index (χ0v) is 25.6. The molecule has 0 unspecified atom stereocenters. The van der Waals surface area contributed by atoms with Crippen molar-refractivity contribution in [2.45, 2.75) is 65.0 Å². The Bertz CT molecular complexity index is 1700. The molecule has 2 aliphatic rings. The van der Waals surface area contributed by atoms with Crippen molar-refractivity contribution in [3.05, 3.63) is 66.5 Å². The van der Waals surface area contributed by atoms with E-state index in [9.17, 15) is 9.59 Å². The molecule has 2 amide bonds. The van der Waals surface area contributed by atoms with Gasteiger partial charge in [0.05, 0.1) is 11.3 Å². The zero-order valence-electron chi connectivity index (χ0n) is 25.6. The molecular weight excluding hydrogens is 556 g/mol. The van der Waals surface area contributed by atoms with Gasteiger partial charge in [-0.1, -0.05) is 24.3 Å². The Labute approximate surface area is 257 Å². The van der Waals surface area contributed by atoms with Gasteiger partial charge in [0.15, 0.2) is 0 Å². The second-order valence-electron chi connectivity index (χ2n) is 12.5. The zero-order chi connectivity index (χ0) is 30.8. The molecule has 3 heterocycles. The van der Waals surface area contributed by atoms with E-state index in [1.54, 1.807) is 17.3 Å². The third kappa shape index (κ3) is 6.74. The van der Waals surface area contributed by atoms with Crippen LogP contribution in [0.25, 0.3) is 22.0 Å². The van der Waals surface area contributed by atoms with Gasteiger partial charge in [0.25, 0.3) is 0 Å². The minimum absolute atomic E-state index is 0.0101. The van der Waals surface area contributed by atoms with Crippen LogP contribution in [0.15, 0.2) is 60.9 Å². The number of likely N-dealkylation sites (tertiary alicyclic amines) is 1. The summed E-state index contributed by atoms with van der Waals surface area (Å²) in [5.74, 6) is 1.71. The maximum absolute atomic E-state index is 12.6. The van der Waals surface area contributed by atoms with Gasteiger partial charge in [-0.2, -0.15) is 0 Å². The molecule has 4 aromatic rings. The quantitative estimate of drug-likeness (QED) is 0.236. The molecule has 2 N–H and O–H groups in total. The molecule has 1 aliphatic carbocycles. The summed E-state index contributed by atoms with van der Waals surface area (Å²) >= 11 is 0. The molecule has 1 atom stereocenters. The van der Waals surface area contributed by atoms with E-state index >= 15 is 0 Å². The fourth-order valence-corrected chi connectivity index (χ4v) is 5.38. The molecule has 6 rings (SSSR count). The standard InChI is InChI=1S/C34H38N6O4/c1-21-12-15-24-25(9-5-11-27(24)38-30(41)22-13-14-22)29(21)43-31-26(10-6-17-35-31)28-16-18-36-32(39-28)37-23-8-7-19-40(20-23)33(42)44-34(2,3)4/h5-6,9-12,15-18,22-23H,7-8,13-14,19-20H2,1-4H3,(H,38,41)(H,36,37,39)/t23-/m0/s1. The molecule has 2 fully saturated rings. The molecule has 0 radical (unpaired) electrons. The molecule has 228 valence electrons. The number of anilines is 2. The highest BCUT2D eigenvalue weighted by atomic mass is 16.6. The number of nitrogens with one attached hydrogen (secondary N) is 2. The maximum atomic E-state index is 12.6. The summed E-state index contributed by atoms with van der Waals surface area (Å²) in [5.41, 5.74) is 2.53. The fourth-order valence-electron chi connectivity index (χ4n) is 5.38. The molecule has 10 heteroatoms. The molecule has 2 aromatic carbocycles.